The quantitative estimate of drug-likeness (QED) is 0.667. The lowest BCUT2D eigenvalue weighted by atomic mass is 9.92. The van der Waals surface area contributed by atoms with E-state index >= 15 is 0 Å². The fourth-order valence-electron chi connectivity index (χ4n) is 1.62. The smallest absolute Gasteiger partial charge is 0.159 e. The molecule has 0 amide bonds. The lowest BCUT2D eigenvalue weighted by molar-refractivity contribution is -0.113. The van der Waals surface area contributed by atoms with E-state index < -0.39 is 0 Å². The Morgan fingerprint density at radius 1 is 1.54 bits per heavy atom. The third kappa shape index (κ3) is 2.20. The first-order chi connectivity index (χ1) is 6.19. The van der Waals surface area contributed by atoms with Crippen LogP contribution < -0.4 is 0 Å². The molecule has 0 radical (unpaired) electrons. The molecule has 0 aromatic rings. The van der Waals surface area contributed by atoms with Crippen LogP contribution in [0.2, 0.25) is 0 Å². The second kappa shape index (κ2) is 4.26. The second-order valence-corrected chi connectivity index (χ2v) is 3.24. The summed E-state index contributed by atoms with van der Waals surface area (Å²) in [6.07, 6.45) is 4.73. The van der Waals surface area contributed by atoms with Crippen LogP contribution in [0.5, 0.6) is 0 Å². The van der Waals surface area contributed by atoms with Gasteiger partial charge in [-0.1, -0.05) is 12.5 Å². The molecule has 0 bridgehead atoms. The molecule has 0 N–H and O–H groups in total. The van der Waals surface area contributed by atoms with Gasteiger partial charge in [-0.2, -0.15) is 0 Å². The predicted octanol–water partition coefficient (Wildman–Crippen LogP) is 2.61. The maximum atomic E-state index is 11.3. The van der Waals surface area contributed by atoms with Crippen LogP contribution in [0.4, 0.5) is 0 Å². The average Bonchev–Trinajstić information content (AvgIpc) is 2.16. The van der Waals surface area contributed by atoms with Gasteiger partial charge in [-0.05, 0) is 25.8 Å². The van der Waals surface area contributed by atoms with E-state index in [0.29, 0.717) is 0 Å². The number of allylic oxidation sites excluding steroid dienone is 4. The van der Waals surface area contributed by atoms with E-state index in [0.717, 1.165) is 30.6 Å². The molecule has 0 aliphatic heterocycles. The van der Waals surface area contributed by atoms with Crippen molar-refractivity contribution in [1.29, 1.82) is 0 Å². The van der Waals surface area contributed by atoms with Gasteiger partial charge in [0.1, 0.15) is 0 Å². The minimum Gasteiger partial charge on any atom is -0.501 e. The molecule has 0 spiro atoms. The molecule has 1 aliphatic rings. The third-order valence-corrected chi connectivity index (χ3v) is 2.43. The molecule has 1 rings (SSSR count). The zero-order valence-corrected chi connectivity index (χ0v) is 8.52. The number of methoxy groups -OCH3 is 1. The molecule has 1 aliphatic carbocycles. The molecule has 0 saturated heterocycles. The van der Waals surface area contributed by atoms with E-state index in [1.165, 1.54) is 5.57 Å². The third-order valence-electron chi connectivity index (χ3n) is 2.43. The zero-order chi connectivity index (χ0) is 9.84. The number of ether oxygens (including phenoxy) is 1. The molecule has 0 unspecified atom stereocenters. The monoisotopic (exact) mass is 180 g/mol. The van der Waals surface area contributed by atoms with Gasteiger partial charge in [-0.25, -0.2) is 0 Å². The highest BCUT2D eigenvalue weighted by molar-refractivity contribution is 5.97. The van der Waals surface area contributed by atoms with Crippen molar-refractivity contribution < 1.29 is 9.53 Å². The van der Waals surface area contributed by atoms with Gasteiger partial charge in [0.15, 0.2) is 5.78 Å². The molecule has 72 valence electrons. The van der Waals surface area contributed by atoms with Crippen molar-refractivity contribution in [3.8, 4) is 0 Å². The molecule has 13 heavy (non-hydrogen) atoms. The van der Waals surface area contributed by atoms with E-state index in [1.807, 2.05) is 6.08 Å². The summed E-state index contributed by atoms with van der Waals surface area (Å²) in [6.45, 7) is 3.70. The van der Waals surface area contributed by atoms with E-state index in [9.17, 15) is 4.79 Å². The van der Waals surface area contributed by atoms with Crippen molar-refractivity contribution in [1.82, 2.24) is 0 Å². The van der Waals surface area contributed by atoms with Gasteiger partial charge in [0.05, 0.1) is 12.9 Å². The zero-order valence-electron chi connectivity index (χ0n) is 8.52. The van der Waals surface area contributed by atoms with Crippen LogP contribution in [0.1, 0.15) is 33.1 Å². The molecule has 0 heterocycles. The molecule has 0 atom stereocenters. The van der Waals surface area contributed by atoms with Gasteiger partial charge in [0.25, 0.3) is 0 Å². The van der Waals surface area contributed by atoms with Gasteiger partial charge in [0.2, 0.25) is 0 Å². The van der Waals surface area contributed by atoms with E-state index in [4.69, 9.17) is 4.74 Å². The van der Waals surface area contributed by atoms with Crippen LogP contribution in [0.3, 0.4) is 0 Å². The highest BCUT2D eigenvalue weighted by Gasteiger charge is 2.15. The normalized spacial score (nSPS) is 17.0. The number of Topliss-reactive ketones (excluding diaryl/α,β-unsaturated/α-hetero) is 1. The Morgan fingerprint density at radius 2 is 2.23 bits per heavy atom. The molecule has 0 saturated carbocycles. The molecule has 0 aromatic carbocycles. The van der Waals surface area contributed by atoms with Crippen molar-refractivity contribution in [2.24, 2.45) is 0 Å². The Morgan fingerprint density at radius 3 is 2.69 bits per heavy atom. The van der Waals surface area contributed by atoms with Crippen molar-refractivity contribution in [2.75, 3.05) is 7.11 Å². The Balaban J connectivity index is 2.98. The fraction of sp³-hybridized carbons (Fsp3) is 0.545. The molecule has 0 fully saturated rings. The topological polar surface area (TPSA) is 26.3 Å². The van der Waals surface area contributed by atoms with Gasteiger partial charge < -0.3 is 4.74 Å². The Labute approximate surface area is 79.3 Å². The maximum Gasteiger partial charge on any atom is 0.159 e. The Bertz CT molecular complexity index is 272. The van der Waals surface area contributed by atoms with Crippen LogP contribution in [-0.4, -0.2) is 12.9 Å². The highest BCUT2D eigenvalue weighted by atomic mass is 16.5. The Hall–Kier alpha value is -1.05. The summed E-state index contributed by atoms with van der Waals surface area (Å²) in [6, 6.07) is 0. The number of hydrogen-bond donors (Lipinski definition) is 0. The summed E-state index contributed by atoms with van der Waals surface area (Å²) in [4.78, 5) is 11.3. The highest BCUT2D eigenvalue weighted by Crippen LogP contribution is 2.26. The number of rotatable bonds is 3. The number of ketones is 1. The van der Waals surface area contributed by atoms with E-state index in [1.54, 1.807) is 14.0 Å². The summed E-state index contributed by atoms with van der Waals surface area (Å²) >= 11 is 0. The van der Waals surface area contributed by atoms with E-state index in [2.05, 4.69) is 6.92 Å². The first-order valence-corrected chi connectivity index (χ1v) is 4.66. The summed E-state index contributed by atoms with van der Waals surface area (Å²) in [5.74, 6) is 1.06. The molecular weight excluding hydrogens is 164 g/mol. The number of carbonyl (C=O) groups is 1. The van der Waals surface area contributed by atoms with Crippen molar-refractivity contribution in [2.45, 2.75) is 33.1 Å². The summed E-state index contributed by atoms with van der Waals surface area (Å²) in [7, 11) is 1.65. The van der Waals surface area contributed by atoms with Gasteiger partial charge >= 0.3 is 0 Å². The molecule has 2 heteroatoms. The standard InChI is InChI=1S/C11H16O2/c1-4-9-5-6-10(13-3)7-11(9)8(2)12/h7H,4-6H2,1-3H3. The number of hydrogen-bond acceptors (Lipinski definition) is 2. The van der Waals surface area contributed by atoms with Crippen LogP contribution in [0.25, 0.3) is 0 Å². The van der Waals surface area contributed by atoms with Crippen LogP contribution in [-0.2, 0) is 9.53 Å². The lowest BCUT2D eigenvalue weighted by Crippen LogP contribution is -2.06. The molecule has 2 nitrogen and oxygen atoms in total. The van der Waals surface area contributed by atoms with Crippen molar-refractivity contribution >= 4 is 5.78 Å². The van der Waals surface area contributed by atoms with Gasteiger partial charge in [-0.3, -0.25) is 4.79 Å². The van der Waals surface area contributed by atoms with Gasteiger partial charge in [-0.15, -0.1) is 0 Å². The predicted molar refractivity (Wildman–Crippen MR) is 52.3 cm³/mol. The maximum absolute atomic E-state index is 11.3. The summed E-state index contributed by atoms with van der Waals surface area (Å²) in [5, 5.41) is 0. The SMILES string of the molecule is CCC1=C(C(C)=O)C=C(OC)CC1. The Kier molecular flexibility index (Phi) is 3.29. The molecule has 0 aromatic heterocycles. The van der Waals surface area contributed by atoms with Crippen LogP contribution >= 0.6 is 0 Å². The minimum absolute atomic E-state index is 0.145. The average molecular weight is 180 g/mol. The minimum atomic E-state index is 0.145. The van der Waals surface area contributed by atoms with Gasteiger partial charge in [0, 0.05) is 12.0 Å². The summed E-state index contributed by atoms with van der Waals surface area (Å²) < 4.78 is 5.14. The fourth-order valence-corrected chi connectivity index (χ4v) is 1.62. The first-order valence-electron chi connectivity index (χ1n) is 4.66. The first kappa shape index (κ1) is 10.0. The van der Waals surface area contributed by atoms with Crippen LogP contribution in [0, 0.1) is 0 Å². The van der Waals surface area contributed by atoms with E-state index in [-0.39, 0.29) is 5.78 Å². The van der Waals surface area contributed by atoms with Crippen LogP contribution in [0.15, 0.2) is 23.0 Å². The second-order valence-electron chi connectivity index (χ2n) is 3.24. The molecular formula is C11H16O2. The lowest BCUT2D eigenvalue weighted by Gasteiger charge is -2.16. The van der Waals surface area contributed by atoms with Crippen molar-refractivity contribution in [3.63, 3.8) is 0 Å². The summed E-state index contributed by atoms with van der Waals surface area (Å²) in [5.41, 5.74) is 2.11. The number of carbonyl (C=O) groups excluding carboxylic acids is 1. The largest absolute Gasteiger partial charge is 0.501 e. The van der Waals surface area contributed by atoms with Crippen molar-refractivity contribution in [3.05, 3.63) is 23.0 Å².